The molecule has 32 heavy (non-hydrogen) atoms. The lowest BCUT2D eigenvalue weighted by Gasteiger charge is -2.25. The van der Waals surface area contributed by atoms with Gasteiger partial charge in [-0.25, -0.2) is 8.42 Å². The maximum Gasteiger partial charge on any atom is 0.246 e. The zero-order valence-electron chi connectivity index (χ0n) is 17.3. The summed E-state index contributed by atoms with van der Waals surface area (Å²) in [6.45, 7) is 0.864. The van der Waals surface area contributed by atoms with E-state index in [2.05, 4.69) is 4.98 Å². The molecule has 1 aromatic heterocycles. The van der Waals surface area contributed by atoms with Crippen LogP contribution in [0.15, 0.2) is 96.0 Å². The van der Waals surface area contributed by atoms with Crippen LogP contribution in [0.25, 0.3) is 10.9 Å². The third-order valence-corrected chi connectivity index (χ3v) is 8.73. The van der Waals surface area contributed by atoms with Gasteiger partial charge in [-0.1, -0.05) is 66.7 Å². The van der Waals surface area contributed by atoms with Crippen molar-refractivity contribution in [2.75, 3.05) is 12.3 Å². The fourth-order valence-corrected chi connectivity index (χ4v) is 7.33. The van der Waals surface area contributed by atoms with Crippen molar-refractivity contribution < 1.29 is 13.2 Å². The summed E-state index contributed by atoms with van der Waals surface area (Å²) >= 11 is 1.61. The monoisotopic (exact) mass is 462 g/mol. The third kappa shape index (κ3) is 3.99. The zero-order valence-corrected chi connectivity index (χ0v) is 18.9. The Kier molecular flexibility index (Phi) is 5.87. The number of benzene rings is 3. The van der Waals surface area contributed by atoms with Crippen LogP contribution in [0, 0.1) is 0 Å². The minimum Gasteiger partial charge on any atom is -0.489 e. The van der Waals surface area contributed by atoms with Gasteiger partial charge in [0.25, 0.3) is 0 Å². The molecular formula is C25H22N2O3S2. The van der Waals surface area contributed by atoms with Crippen molar-refractivity contribution in [3.05, 3.63) is 102 Å². The summed E-state index contributed by atoms with van der Waals surface area (Å²) in [5, 5.41) is 0.453. The highest BCUT2D eigenvalue weighted by Crippen LogP contribution is 2.45. The summed E-state index contributed by atoms with van der Waals surface area (Å²) in [4.78, 5) is 4.60. The molecule has 4 aromatic rings. The van der Waals surface area contributed by atoms with Crippen LogP contribution in [-0.2, 0) is 16.6 Å². The molecule has 0 amide bonds. The maximum atomic E-state index is 13.8. The molecule has 1 saturated heterocycles. The van der Waals surface area contributed by atoms with Gasteiger partial charge in [0.2, 0.25) is 10.0 Å². The van der Waals surface area contributed by atoms with E-state index in [-0.39, 0.29) is 10.3 Å². The Morgan fingerprint density at radius 1 is 0.938 bits per heavy atom. The van der Waals surface area contributed by atoms with Crippen LogP contribution in [-0.4, -0.2) is 30.0 Å². The van der Waals surface area contributed by atoms with Crippen molar-refractivity contribution in [3.8, 4) is 5.75 Å². The van der Waals surface area contributed by atoms with Gasteiger partial charge < -0.3 is 4.74 Å². The van der Waals surface area contributed by atoms with Crippen molar-refractivity contribution in [1.29, 1.82) is 0 Å². The molecule has 1 fully saturated rings. The maximum absolute atomic E-state index is 13.8. The van der Waals surface area contributed by atoms with Crippen molar-refractivity contribution >= 4 is 32.7 Å². The standard InChI is InChI=1S/C25H22N2O3S2/c28-32(29,23-14-6-10-20-11-7-15-26-24(20)23)27-16-17-31-25(27)21-12-4-5-13-22(21)30-18-19-8-2-1-3-9-19/h1-15,25H,16-18H2. The summed E-state index contributed by atoms with van der Waals surface area (Å²) in [7, 11) is -3.75. The second-order valence-electron chi connectivity index (χ2n) is 7.48. The molecule has 0 saturated carbocycles. The molecule has 3 aromatic carbocycles. The lowest BCUT2D eigenvalue weighted by molar-refractivity contribution is 0.298. The minimum atomic E-state index is -3.75. The second kappa shape index (κ2) is 8.94. The molecule has 0 N–H and O–H groups in total. The summed E-state index contributed by atoms with van der Waals surface area (Å²) < 4.78 is 35.2. The van der Waals surface area contributed by atoms with Crippen LogP contribution < -0.4 is 4.74 Å². The number of hydrogen-bond donors (Lipinski definition) is 0. The van der Waals surface area contributed by atoms with E-state index in [0.717, 1.165) is 22.3 Å². The van der Waals surface area contributed by atoms with Gasteiger partial charge in [-0.05, 0) is 23.8 Å². The highest BCUT2D eigenvalue weighted by molar-refractivity contribution is 8.01. The van der Waals surface area contributed by atoms with E-state index in [0.29, 0.717) is 24.4 Å². The van der Waals surface area contributed by atoms with Crippen molar-refractivity contribution in [1.82, 2.24) is 9.29 Å². The second-order valence-corrected chi connectivity index (χ2v) is 10.5. The van der Waals surface area contributed by atoms with E-state index in [1.54, 1.807) is 34.4 Å². The molecular weight excluding hydrogens is 440 g/mol. The Labute approximate surface area is 192 Å². The predicted octanol–water partition coefficient (Wildman–Crippen LogP) is 5.25. The number of pyridine rings is 1. The molecule has 0 bridgehead atoms. The van der Waals surface area contributed by atoms with E-state index in [4.69, 9.17) is 4.74 Å². The van der Waals surface area contributed by atoms with Gasteiger partial charge in [0.05, 0.1) is 10.9 Å². The van der Waals surface area contributed by atoms with Crippen LogP contribution >= 0.6 is 11.8 Å². The number of aromatic nitrogens is 1. The van der Waals surface area contributed by atoms with E-state index in [1.807, 2.05) is 72.8 Å². The van der Waals surface area contributed by atoms with Crippen LogP contribution in [0.5, 0.6) is 5.75 Å². The predicted molar refractivity (Wildman–Crippen MR) is 128 cm³/mol. The molecule has 5 rings (SSSR count). The average Bonchev–Trinajstić information content (AvgIpc) is 3.34. The number of nitrogens with zero attached hydrogens (tertiary/aromatic N) is 2. The molecule has 2 heterocycles. The van der Waals surface area contributed by atoms with E-state index < -0.39 is 10.0 Å². The number of para-hydroxylation sites is 2. The van der Waals surface area contributed by atoms with Crippen LogP contribution in [0.1, 0.15) is 16.5 Å². The summed E-state index contributed by atoms with van der Waals surface area (Å²) in [6, 6.07) is 26.6. The summed E-state index contributed by atoms with van der Waals surface area (Å²) in [5.41, 5.74) is 2.43. The summed E-state index contributed by atoms with van der Waals surface area (Å²) in [5.74, 6) is 1.42. The molecule has 1 aliphatic rings. The summed E-state index contributed by atoms with van der Waals surface area (Å²) in [6.07, 6.45) is 1.63. The van der Waals surface area contributed by atoms with Crippen molar-refractivity contribution in [3.63, 3.8) is 0 Å². The highest BCUT2D eigenvalue weighted by atomic mass is 32.2. The van der Waals surface area contributed by atoms with E-state index >= 15 is 0 Å². The van der Waals surface area contributed by atoms with E-state index in [9.17, 15) is 8.42 Å². The van der Waals surface area contributed by atoms with Gasteiger partial charge in [-0.3, -0.25) is 4.98 Å². The van der Waals surface area contributed by atoms with Crippen molar-refractivity contribution in [2.45, 2.75) is 16.9 Å². The van der Waals surface area contributed by atoms with Crippen LogP contribution in [0.4, 0.5) is 0 Å². The Balaban J connectivity index is 1.49. The average molecular weight is 463 g/mol. The Bertz CT molecular complexity index is 1340. The lowest BCUT2D eigenvalue weighted by Crippen LogP contribution is -2.31. The Hall–Kier alpha value is -2.87. The molecule has 1 unspecified atom stereocenters. The molecule has 0 spiro atoms. The highest BCUT2D eigenvalue weighted by Gasteiger charge is 2.39. The smallest absolute Gasteiger partial charge is 0.246 e. The van der Waals surface area contributed by atoms with Crippen LogP contribution in [0.2, 0.25) is 0 Å². The quantitative estimate of drug-likeness (QED) is 0.392. The van der Waals surface area contributed by atoms with Gasteiger partial charge >= 0.3 is 0 Å². The molecule has 1 atom stereocenters. The molecule has 162 valence electrons. The normalized spacial score (nSPS) is 16.9. The first-order valence-electron chi connectivity index (χ1n) is 10.4. The molecule has 7 heteroatoms. The van der Waals surface area contributed by atoms with Gasteiger partial charge in [-0.2, -0.15) is 4.31 Å². The number of fused-ring (bicyclic) bond motifs is 1. The number of thioether (sulfide) groups is 1. The Morgan fingerprint density at radius 2 is 1.72 bits per heavy atom. The Morgan fingerprint density at radius 3 is 2.59 bits per heavy atom. The van der Waals surface area contributed by atoms with Gasteiger partial charge in [-0.15, -0.1) is 11.8 Å². The zero-order chi connectivity index (χ0) is 22.0. The topological polar surface area (TPSA) is 59.5 Å². The molecule has 5 nitrogen and oxygen atoms in total. The third-order valence-electron chi connectivity index (χ3n) is 5.45. The van der Waals surface area contributed by atoms with Crippen LogP contribution in [0.3, 0.4) is 0 Å². The number of ether oxygens (including phenoxy) is 1. The van der Waals surface area contributed by atoms with Gasteiger partial charge in [0.15, 0.2) is 0 Å². The molecule has 0 radical (unpaired) electrons. The number of sulfonamides is 1. The lowest BCUT2D eigenvalue weighted by atomic mass is 10.2. The largest absolute Gasteiger partial charge is 0.489 e. The van der Waals surface area contributed by atoms with Gasteiger partial charge in [0.1, 0.15) is 17.3 Å². The molecule has 0 aliphatic carbocycles. The van der Waals surface area contributed by atoms with Gasteiger partial charge in [0, 0.05) is 29.4 Å². The molecule has 1 aliphatic heterocycles. The minimum absolute atomic E-state index is 0.241. The number of rotatable bonds is 6. The fraction of sp³-hybridized carbons (Fsp3) is 0.160. The van der Waals surface area contributed by atoms with E-state index in [1.165, 1.54) is 0 Å². The van der Waals surface area contributed by atoms with Crippen molar-refractivity contribution in [2.24, 2.45) is 0 Å². The fourth-order valence-electron chi connectivity index (χ4n) is 3.91. The first-order chi connectivity index (χ1) is 15.6. The number of hydrogen-bond acceptors (Lipinski definition) is 5. The SMILES string of the molecule is O=S(=O)(c1cccc2cccnc12)N1CCSC1c1ccccc1OCc1ccccc1. The first kappa shape index (κ1) is 21.0. The first-order valence-corrected chi connectivity index (χ1v) is 12.9.